The number of aliphatic carboxylic acids is 1. The van der Waals surface area contributed by atoms with E-state index in [1.807, 2.05) is 36.5 Å². The first kappa shape index (κ1) is 11.8. The average molecular weight is 232 g/mol. The highest BCUT2D eigenvalue weighted by molar-refractivity contribution is 5.93. The normalized spacial score (nSPS) is 17.5. The Labute approximate surface area is 101 Å². The molecule has 0 saturated carbocycles. The number of carbonyl (C=O) groups is 1. The van der Waals surface area contributed by atoms with Crippen molar-refractivity contribution in [3.63, 3.8) is 0 Å². The lowest BCUT2D eigenvalue weighted by Gasteiger charge is -2.12. The Morgan fingerprint density at radius 2 is 1.82 bits per heavy atom. The number of nitrogens with zero attached hydrogens (tertiary/aromatic N) is 1. The molecular weight excluding hydrogens is 214 g/mol. The van der Waals surface area contributed by atoms with Gasteiger partial charge in [-0.3, -0.25) is 4.79 Å². The minimum absolute atomic E-state index is 0.519. The number of carboxylic acids is 1. The predicted octanol–water partition coefficient (Wildman–Crippen LogP) is 2.12. The second kappa shape index (κ2) is 5.62. The number of hydrogen-bond acceptors (Lipinski definition) is 1. The van der Waals surface area contributed by atoms with Gasteiger partial charge in [-0.05, 0) is 12.0 Å². The summed E-state index contributed by atoms with van der Waals surface area (Å²) in [6.07, 6.45) is 5.46. The smallest absolute Gasteiger partial charge is 0.321 e. The Hall–Kier alpha value is -1.64. The van der Waals surface area contributed by atoms with Crippen molar-refractivity contribution in [1.29, 1.82) is 0 Å². The maximum atomic E-state index is 11.3. The topological polar surface area (TPSA) is 40.3 Å². The maximum absolute atomic E-state index is 11.3. The van der Waals surface area contributed by atoms with Gasteiger partial charge >= 0.3 is 5.97 Å². The highest BCUT2D eigenvalue weighted by Gasteiger charge is 2.23. The fourth-order valence-electron chi connectivity index (χ4n) is 2.23. The monoisotopic (exact) mass is 232 g/mol. The van der Waals surface area contributed by atoms with Crippen molar-refractivity contribution in [2.45, 2.75) is 25.2 Å². The van der Waals surface area contributed by atoms with Gasteiger partial charge in [0.1, 0.15) is 13.1 Å². The van der Waals surface area contributed by atoms with E-state index in [2.05, 4.69) is 4.58 Å². The first-order valence-electron chi connectivity index (χ1n) is 6.14. The summed E-state index contributed by atoms with van der Waals surface area (Å²) in [5.74, 6) is -1.30. The standard InChI is InChI=1S/C14H17NO2/c16-14(17)13(12-7-3-1-4-8-12)11-15-9-5-2-6-10-15/h1,3-4,7-8,11,13H,2,5-6,9-10H2/p+1. The molecule has 3 nitrogen and oxygen atoms in total. The predicted molar refractivity (Wildman–Crippen MR) is 66.7 cm³/mol. The van der Waals surface area contributed by atoms with E-state index in [1.165, 1.54) is 6.42 Å². The van der Waals surface area contributed by atoms with Gasteiger partial charge in [0.25, 0.3) is 0 Å². The van der Waals surface area contributed by atoms with Gasteiger partial charge in [-0.15, -0.1) is 0 Å². The first-order chi connectivity index (χ1) is 8.27. The van der Waals surface area contributed by atoms with E-state index in [0.29, 0.717) is 0 Å². The van der Waals surface area contributed by atoms with E-state index in [9.17, 15) is 9.90 Å². The molecule has 1 aliphatic rings. The zero-order valence-electron chi connectivity index (χ0n) is 9.88. The molecule has 1 aromatic carbocycles. The molecule has 0 spiro atoms. The van der Waals surface area contributed by atoms with Crippen molar-refractivity contribution >= 4 is 12.2 Å². The van der Waals surface area contributed by atoms with E-state index >= 15 is 0 Å². The molecule has 1 aromatic rings. The zero-order chi connectivity index (χ0) is 12.1. The van der Waals surface area contributed by atoms with Crippen LogP contribution in [0.4, 0.5) is 0 Å². The zero-order valence-corrected chi connectivity index (χ0v) is 9.88. The van der Waals surface area contributed by atoms with Gasteiger partial charge in [0.05, 0.1) is 0 Å². The van der Waals surface area contributed by atoms with Crippen LogP contribution in [-0.4, -0.2) is 35.0 Å². The molecule has 1 saturated heterocycles. The average Bonchev–Trinajstić information content (AvgIpc) is 2.38. The van der Waals surface area contributed by atoms with Gasteiger partial charge in [0.2, 0.25) is 0 Å². The Morgan fingerprint density at radius 3 is 2.41 bits per heavy atom. The second-order valence-corrected chi connectivity index (χ2v) is 4.47. The van der Waals surface area contributed by atoms with Crippen LogP contribution in [0.3, 0.4) is 0 Å². The molecule has 1 fully saturated rings. The number of rotatable bonds is 3. The summed E-state index contributed by atoms with van der Waals surface area (Å²) in [6, 6.07) is 9.42. The van der Waals surface area contributed by atoms with Crippen LogP contribution in [0, 0.1) is 0 Å². The van der Waals surface area contributed by atoms with Crippen molar-refractivity contribution < 1.29 is 14.5 Å². The number of carboxylic acid groups (broad SMARTS) is 1. The Kier molecular flexibility index (Phi) is 3.91. The molecule has 90 valence electrons. The van der Waals surface area contributed by atoms with Gasteiger partial charge in [0, 0.05) is 12.8 Å². The van der Waals surface area contributed by atoms with Crippen LogP contribution >= 0.6 is 0 Å². The lowest BCUT2D eigenvalue weighted by atomic mass is 10.00. The van der Waals surface area contributed by atoms with E-state index in [0.717, 1.165) is 31.5 Å². The summed E-state index contributed by atoms with van der Waals surface area (Å²) < 4.78 is 2.15. The minimum atomic E-state index is -0.776. The molecule has 1 aliphatic heterocycles. The summed E-state index contributed by atoms with van der Waals surface area (Å²) in [5.41, 5.74) is 0.852. The van der Waals surface area contributed by atoms with Gasteiger partial charge in [-0.2, -0.15) is 0 Å². The van der Waals surface area contributed by atoms with Crippen molar-refractivity contribution in [2.75, 3.05) is 13.1 Å². The van der Waals surface area contributed by atoms with Gasteiger partial charge in [-0.1, -0.05) is 30.3 Å². The van der Waals surface area contributed by atoms with Crippen LogP contribution in [0.15, 0.2) is 30.3 Å². The molecule has 0 bridgehead atoms. The SMILES string of the molecule is O=C(O)C(C=[N+]1CCCCC1)c1ccccc1. The summed E-state index contributed by atoms with van der Waals surface area (Å²) in [4.78, 5) is 11.3. The quantitative estimate of drug-likeness (QED) is 0.811. The second-order valence-electron chi connectivity index (χ2n) is 4.47. The third kappa shape index (κ3) is 3.16. The minimum Gasteiger partial charge on any atom is -0.480 e. The molecular formula is C14H18NO2+. The number of benzene rings is 1. The van der Waals surface area contributed by atoms with E-state index in [4.69, 9.17) is 0 Å². The van der Waals surface area contributed by atoms with Crippen LogP contribution in [0.2, 0.25) is 0 Å². The van der Waals surface area contributed by atoms with Crippen LogP contribution in [0.5, 0.6) is 0 Å². The molecule has 1 atom stereocenters. The van der Waals surface area contributed by atoms with Gasteiger partial charge in [-0.25, -0.2) is 4.58 Å². The van der Waals surface area contributed by atoms with E-state index in [1.54, 1.807) is 0 Å². The summed E-state index contributed by atoms with van der Waals surface area (Å²) in [7, 11) is 0. The van der Waals surface area contributed by atoms with Crippen LogP contribution < -0.4 is 0 Å². The molecule has 0 amide bonds. The lowest BCUT2D eigenvalue weighted by molar-refractivity contribution is -0.534. The van der Waals surface area contributed by atoms with Crippen LogP contribution in [-0.2, 0) is 4.79 Å². The highest BCUT2D eigenvalue weighted by Crippen LogP contribution is 2.14. The maximum Gasteiger partial charge on any atom is 0.321 e. The molecule has 0 aliphatic carbocycles. The van der Waals surface area contributed by atoms with Crippen LogP contribution in [0.25, 0.3) is 0 Å². The molecule has 1 unspecified atom stereocenters. The fourth-order valence-corrected chi connectivity index (χ4v) is 2.23. The van der Waals surface area contributed by atoms with Crippen molar-refractivity contribution in [1.82, 2.24) is 0 Å². The largest absolute Gasteiger partial charge is 0.480 e. The molecule has 17 heavy (non-hydrogen) atoms. The summed E-state index contributed by atoms with van der Waals surface area (Å²) in [6.45, 7) is 1.97. The van der Waals surface area contributed by atoms with Crippen molar-refractivity contribution in [2.24, 2.45) is 0 Å². The summed E-state index contributed by atoms with van der Waals surface area (Å²) >= 11 is 0. The Balaban J connectivity index is 2.21. The third-order valence-electron chi connectivity index (χ3n) is 3.18. The fraction of sp³-hybridized carbons (Fsp3) is 0.429. The Bertz CT molecular complexity index is 403. The van der Waals surface area contributed by atoms with Crippen molar-refractivity contribution in [3.05, 3.63) is 35.9 Å². The molecule has 1 heterocycles. The van der Waals surface area contributed by atoms with Gasteiger partial charge in [0.15, 0.2) is 12.1 Å². The molecule has 0 aromatic heterocycles. The molecule has 2 rings (SSSR count). The number of hydrogen-bond donors (Lipinski definition) is 1. The first-order valence-corrected chi connectivity index (χ1v) is 6.14. The summed E-state index contributed by atoms with van der Waals surface area (Å²) in [5, 5.41) is 9.30. The van der Waals surface area contributed by atoms with E-state index < -0.39 is 11.9 Å². The molecule has 0 radical (unpaired) electrons. The van der Waals surface area contributed by atoms with Crippen LogP contribution in [0.1, 0.15) is 30.7 Å². The lowest BCUT2D eigenvalue weighted by Crippen LogP contribution is -2.26. The van der Waals surface area contributed by atoms with E-state index in [-0.39, 0.29) is 0 Å². The highest BCUT2D eigenvalue weighted by atomic mass is 16.4. The number of piperidine rings is 1. The van der Waals surface area contributed by atoms with Crippen molar-refractivity contribution in [3.8, 4) is 0 Å². The molecule has 3 heteroatoms. The Morgan fingerprint density at radius 1 is 1.18 bits per heavy atom. The van der Waals surface area contributed by atoms with Gasteiger partial charge < -0.3 is 5.11 Å². The third-order valence-corrected chi connectivity index (χ3v) is 3.18. The molecule has 1 N–H and O–H groups in total.